The van der Waals surface area contributed by atoms with Crippen LogP contribution in [0.3, 0.4) is 0 Å². The highest BCUT2D eigenvalue weighted by Crippen LogP contribution is 2.52. The lowest BCUT2D eigenvalue weighted by molar-refractivity contribution is -0.115. The van der Waals surface area contributed by atoms with E-state index in [0.717, 1.165) is 48.2 Å². The number of allylic oxidation sites excluding steroid dienone is 4. The van der Waals surface area contributed by atoms with Gasteiger partial charge in [0.25, 0.3) is 0 Å². The first-order valence-corrected chi connectivity index (χ1v) is 12.5. The van der Waals surface area contributed by atoms with Gasteiger partial charge in [-0.3, -0.25) is 9.59 Å². The lowest BCUT2D eigenvalue weighted by atomic mass is 9.57. The molecule has 2 saturated carbocycles. The third kappa shape index (κ3) is 4.83. The molecule has 2 heteroatoms. The highest BCUT2D eigenvalue weighted by Gasteiger charge is 2.43. The maximum absolute atomic E-state index is 11.4. The number of rotatable bonds is 2. The van der Waals surface area contributed by atoms with Gasteiger partial charge in [0.1, 0.15) is 0 Å². The molecule has 4 aliphatic carbocycles. The zero-order valence-electron chi connectivity index (χ0n) is 20.4. The zero-order valence-corrected chi connectivity index (χ0v) is 20.4. The van der Waals surface area contributed by atoms with Crippen LogP contribution >= 0.6 is 0 Å². The maximum Gasteiger partial charge on any atom is 0.155 e. The molecular weight excluding hydrogens is 368 g/mol. The molecular formula is C28H44O2. The molecule has 0 aromatic heterocycles. The Bertz CT molecular complexity index is 725. The summed E-state index contributed by atoms with van der Waals surface area (Å²) in [5.41, 5.74) is 3.14. The minimum atomic E-state index is 0.287. The van der Waals surface area contributed by atoms with Crippen molar-refractivity contribution >= 4 is 11.6 Å². The fourth-order valence-corrected chi connectivity index (χ4v) is 7.10. The topological polar surface area (TPSA) is 34.1 Å². The van der Waals surface area contributed by atoms with Gasteiger partial charge in [-0.05, 0) is 98.0 Å². The Labute approximate surface area is 185 Å². The minimum Gasteiger partial charge on any atom is -0.295 e. The fraction of sp³-hybridized carbons (Fsp3) is 0.786. The Hall–Kier alpha value is -1.18. The van der Waals surface area contributed by atoms with E-state index in [-0.39, 0.29) is 11.6 Å². The lowest BCUT2D eigenvalue weighted by Crippen LogP contribution is -2.38. The smallest absolute Gasteiger partial charge is 0.155 e. The van der Waals surface area contributed by atoms with Gasteiger partial charge >= 0.3 is 0 Å². The number of fused-ring (bicyclic) bond motifs is 2. The van der Waals surface area contributed by atoms with Crippen LogP contribution in [-0.4, -0.2) is 11.6 Å². The summed E-state index contributed by atoms with van der Waals surface area (Å²) in [4.78, 5) is 22.8. The average molecular weight is 413 g/mol. The van der Waals surface area contributed by atoms with Gasteiger partial charge in [0.05, 0.1) is 0 Å². The van der Waals surface area contributed by atoms with Crippen molar-refractivity contribution in [2.24, 2.45) is 34.5 Å². The van der Waals surface area contributed by atoms with Crippen LogP contribution in [0.4, 0.5) is 0 Å². The molecule has 2 fully saturated rings. The van der Waals surface area contributed by atoms with Gasteiger partial charge in [-0.2, -0.15) is 0 Å². The Morgan fingerprint density at radius 3 is 2.10 bits per heavy atom. The van der Waals surface area contributed by atoms with Crippen LogP contribution in [0.25, 0.3) is 0 Å². The molecule has 0 N–H and O–H groups in total. The van der Waals surface area contributed by atoms with E-state index in [9.17, 15) is 9.59 Å². The second-order valence-corrected chi connectivity index (χ2v) is 11.6. The molecule has 0 aromatic rings. The maximum atomic E-state index is 11.4. The summed E-state index contributed by atoms with van der Waals surface area (Å²) >= 11 is 0. The number of hydrogen-bond donors (Lipinski definition) is 0. The van der Waals surface area contributed by atoms with E-state index in [1.54, 1.807) is 13.8 Å². The number of carbonyl (C=O) groups is 2. The molecule has 0 radical (unpaired) electrons. The summed E-state index contributed by atoms with van der Waals surface area (Å²) in [5.74, 6) is 3.53. The van der Waals surface area contributed by atoms with Crippen molar-refractivity contribution < 1.29 is 9.59 Å². The van der Waals surface area contributed by atoms with Gasteiger partial charge in [-0.25, -0.2) is 0 Å². The zero-order chi connectivity index (χ0) is 22.1. The van der Waals surface area contributed by atoms with Crippen molar-refractivity contribution in [1.82, 2.24) is 0 Å². The second kappa shape index (κ2) is 9.13. The van der Waals surface area contributed by atoms with Gasteiger partial charge in [0.2, 0.25) is 0 Å². The number of hydrogen-bond acceptors (Lipinski definition) is 2. The Morgan fingerprint density at radius 1 is 0.867 bits per heavy atom. The average Bonchev–Trinajstić information content (AvgIpc) is 2.67. The molecule has 168 valence electrons. The molecule has 0 aliphatic heterocycles. The quantitative estimate of drug-likeness (QED) is 0.471. The van der Waals surface area contributed by atoms with Crippen LogP contribution in [0.2, 0.25) is 0 Å². The molecule has 0 saturated heterocycles. The molecule has 0 unspecified atom stereocenters. The molecule has 0 aromatic carbocycles. The standard InChI is InChI=1S/2C14H22O/c2*1-10-5-4-7-14(3)8-6-12(11(2)15)9-13(10)14/h9-10,13H,4-8H2,1-3H3;6,10,13H,4-5,7-9H2,1-3H3/t2*10-,13+,14-/m11/s1. The largest absolute Gasteiger partial charge is 0.295 e. The van der Waals surface area contributed by atoms with E-state index >= 15 is 0 Å². The summed E-state index contributed by atoms with van der Waals surface area (Å²) in [7, 11) is 0. The fourth-order valence-electron chi connectivity index (χ4n) is 7.10. The molecule has 0 heterocycles. The third-order valence-electron chi connectivity index (χ3n) is 9.32. The Morgan fingerprint density at radius 2 is 1.47 bits per heavy atom. The predicted octanol–water partition coefficient (Wildman–Crippen LogP) is 7.48. The van der Waals surface area contributed by atoms with Crippen molar-refractivity contribution in [1.29, 1.82) is 0 Å². The van der Waals surface area contributed by atoms with E-state index in [1.165, 1.54) is 44.9 Å². The molecule has 4 rings (SSSR count). The second-order valence-electron chi connectivity index (χ2n) is 11.6. The van der Waals surface area contributed by atoms with E-state index in [4.69, 9.17) is 0 Å². The Kier molecular flexibility index (Phi) is 7.15. The SMILES string of the molecule is CC(=O)C1=CC[C@@]2(C)CCC[C@@H](C)[C@@H]2C1.CC(=O)C1=C[C@H]2[C@H](C)CCC[C@]2(C)CC1. The van der Waals surface area contributed by atoms with Crippen molar-refractivity contribution in [2.45, 2.75) is 106 Å². The van der Waals surface area contributed by atoms with E-state index in [1.807, 2.05) is 0 Å². The monoisotopic (exact) mass is 412 g/mol. The van der Waals surface area contributed by atoms with Crippen LogP contribution in [0.1, 0.15) is 106 Å². The van der Waals surface area contributed by atoms with Crippen LogP contribution in [0, 0.1) is 34.5 Å². The highest BCUT2D eigenvalue weighted by molar-refractivity contribution is 5.93. The molecule has 0 bridgehead atoms. The molecule has 0 amide bonds. The van der Waals surface area contributed by atoms with Crippen LogP contribution in [-0.2, 0) is 9.59 Å². The van der Waals surface area contributed by atoms with Gasteiger partial charge in [0, 0.05) is 0 Å². The van der Waals surface area contributed by atoms with Crippen molar-refractivity contribution in [2.75, 3.05) is 0 Å². The van der Waals surface area contributed by atoms with Crippen molar-refractivity contribution in [3.63, 3.8) is 0 Å². The summed E-state index contributed by atoms with van der Waals surface area (Å²) in [6, 6.07) is 0. The van der Waals surface area contributed by atoms with Gasteiger partial charge in [-0.1, -0.05) is 65.5 Å². The predicted molar refractivity (Wildman–Crippen MR) is 125 cm³/mol. The van der Waals surface area contributed by atoms with Gasteiger partial charge in [-0.15, -0.1) is 0 Å². The van der Waals surface area contributed by atoms with Crippen LogP contribution in [0.5, 0.6) is 0 Å². The molecule has 2 nitrogen and oxygen atoms in total. The summed E-state index contributed by atoms with van der Waals surface area (Å²) < 4.78 is 0. The molecule has 30 heavy (non-hydrogen) atoms. The molecule has 6 atom stereocenters. The molecule has 4 aliphatic rings. The number of ketones is 2. The highest BCUT2D eigenvalue weighted by atomic mass is 16.1. The first-order chi connectivity index (χ1) is 14.1. The summed E-state index contributed by atoms with van der Waals surface area (Å²) in [5, 5.41) is 0. The molecule has 0 spiro atoms. The Balaban J connectivity index is 0.000000171. The normalized spacial score (nSPS) is 40.6. The van der Waals surface area contributed by atoms with Crippen LogP contribution in [0.15, 0.2) is 23.3 Å². The van der Waals surface area contributed by atoms with Crippen LogP contribution < -0.4 is 0 Å². The lowest BCUT2D eigenvalue weighted by Gasteiger charge is -2.47. The number of carbonyl (C=O) groups excluding carboxylic acids is 2. The van der Waals surface area contributed by atoms with Crippen molar-refractivity contribution in [3.8, 4) is 0 Å². The van der Waals surface area contributed by atoms with E-state index in [0.29, 0.717) is 16.7 Å². The third-order valence-corrected chi connectivity index (χ3v) is 9.32. The first-order valence-electron chi connectivity index (χ1n) is 12.5. The van der Waals surface area contributed by atoms with E-state index in [2.05, 4.69) is 39.8 Å². The van der Waals surface area contributed by atoms with E-state index < -0.39 is 0 Å². The minimum absolute atomic E-state index is 0.287. The number of Topliss-reactive ketones (excluding diaryl/α,β-unsaturated/α-hetero) is 2. The summed E-state index contributed by atoms with van der Waals surface area (Å²) in [6.07, 6.45) is 17.0. The summed E-state index contributed by atoms with van der Waals surface area (Å²) in [6.45, 7) is 13.0. The first kappa shape index (κ1) is 23.5. The van der Waals surface area contributed by atoms with Gasteiger partial charge < -0.3 is 0 Å². The van der Waals surface area contributed by atoms with Crippen molar-refractivity contribution in [3.05, 3.63) is 23.3 Å². The van der Waals surface area contributed by atoms with Gasteiger partial charge in [0.15, 0.2) is 11.6 Å².